The van der Waals surface area contributed by atoms with Gasteiger partial charge >= 0.3 is 5.69 Å². The standard InChI is InChI=1S/C16H18N10O2/c1-24-14-12(15(27)26(16(24)28)7-9-2-3-9)18-13(19-14)10-6-17-25(8-10)5-4-11-20-22-23-21-11/h6,8-9H,2-5,7H2,1H3,(H,18,19)(H,20,21,22,23). The Balaban J connectivity index is 1.48. The number of aromatic amines is 2. The van der Waals surface area contributed by atoms with Crippen molar-refractivity contribution in [3.05, 3.63) is 39.1 Å². The van der Waals surface area contributed by atoms with Gasteiger partial charge in [0.1, 0.15) is 11.3 Å². The van der Waals surface area contributed by atoms with E-state index in [1.54, 1.807) is 17.9 Å². The summed E-state index contributed by atoms with van der Waals surface area (Å²) in [5, 5.41) is 18.1. The van der Waals surface area contributed by atoms with Crippen LogP contribution in [0.2, 0.25) is 0 Å². The van der Waals surface area contributed by atoms with Crippen molar-refractivity contribution in [2.45, 2.75) is 32.4 Å². The van der Waals surface area contributed by atoms with Crippen molar-refractivity contribution in [2.24, 2.45) is 13.0 Å². The number of H-pyrrole nitrogens is 2. The van der Waals surface area contributed by atoms with Gasteiger partial charge in [-0.3, -0.25) is 18.6 Å². The number of rotatable bonds is 6. The lowest BCUT2D eigenvalue weighted by atomic mass is 10.3. The van der Waals surface area contributed by atoms with E-state index < -0.39 is 0 Å². The molecule has 28 heavy (non-hydrogen) atoms. The van der Waals surface area contributed by atoms with Gasteiger partial charge in [0.05, 0.1) is 11.8 Å². The molecule has 12 nitrogen and oxygen atoms in total. The van der Waals surface area contributed by atoms with Crippen molar-refractivity contribution < 1.29 is 0 Å². The van der Waals surface area contributed by atoms with E-state index in [-0.39, 0.29) is 11.2 Å². The van der Waals surface area contributed by atoms with E-state index in [1.165, 1.54) is 9.13 Å². The third-order valence-corrected chi connectivity index (χ3v) is 4.98. The molecule has 0 atom stereocenters. The molecule has 0 aliphatic heterocycles. The molecule has 12 heteroatoms. The Bertz CT molecular complexity index is 1260. The number of tetrazole rings is 1. The van der Waals surface area contributed by atoms with E-state index in [1.807, 2.05) is 6.20 Å². The van der Waals surface area contributed by atoms with Gasteiger partial charge in [0.2, 0.25) is 0 Å². The molecular formula is C16H18N10O2. The first-order valence-corrected chi connectivity index (χ1v) is 9.05. The minimum atomic E-state index is -0.335. The van der Waals surface area contributed by atoms with Crippen molar-refractivity contribution in [3.63, 3.8) is 0 Å². The van der Waals surface area contributed by atoms with Gasteiger partial charge in [-0.05, 0) is 18.8 Å². The van der Waals surface area contributed by atoms with Crippen molar-refractivity contribution >= 4 is 11.2 Å². The molecule has 0 spiro atoms. The lowest BCUT2D eigenvalue weighted by molar-refractivity contribution is 0.558. The minimum Gasteiger partial charge on any atom is -0.332 e. The van der Waals surface area contributed by atoms with Gasteiger partial charge in [-0.1, -0.05) is 5.21 Å². The molecular weight excluding hydrogens is 364 g/mol. The summed E-state index contributed by atoms with van der Waals surface area (Å²) < 4.78 is 4.46. The molecule has 2 N–H and O–H groups in total. The second kappa shape index (κ2) is 6.25. The van der Waals surface area contributed by atoms with Crippen molar-refractivity contribution in [3.8, 4) is 11.4 Å². The molecule has 0 amide bonds. The zero-order valence-electron chi connectivity index (χ0n) is 15.2. The summed E-state index contributed by atoms with van der Waals surface area (Å²) in [6, 6.07) is 0. The van der Waals surface area contributed by atoms with Crippen LogP contribution in [0.1, 0.15) is 18.7 Å². The first-order valence-electron chi connectivity index (χ1n) is 9.05. The number of aryl methyl sites for hydroxylation is 3. The quantitative estimate of drug-likeness (QED) is 0.455. The maximum Gasteiger partial charge on any atom is 0.332 e. The molecule has 4 aromatic heterocycles. The average molecular weight is 382 g/mol. The van der Waals surface area contributed by atoms with Gasteiger partial charge in [-0.15, -0.1) is 10.2 Å². The van der Waals surface area contributed by atoms with Crippen molar-refractivity contribution in [2.75, 3.05) is 0 Å². The molecule has 0 radical (unpaired) electrons. The summed E-state index contributed by atoms with van der Waals surface area (Å²) in [7, 11) is 1.63. The number of fused-ring (bicyclic) bond motifs is 1. The van der Waals surface area contributed by atoms with Crippen LogP contribution in [-0.2, 0) is 26.6 Å². The van der Waals surface area contributed by atoms with Crippen LogP contribution in [-0.4, -0.2) is 49.5 Å². The van der Waals surface area contributed by atoms with Gasteiger partial charge in [0.15, 0.2) is 11.5 Å². The van der Waals surface area contributed by atoms with Gasteiger partial charge < -0.3 is 4.98 Å². The largest absolute Gasteiger partial charge is 0.332 e. The van der Waals surface area contributed by atoms with E-state index >= 15 is 0 Å². The maximum absolute atomic E-state index is 12.8. The summed E-state index contributed by atoms with van der Waals surface area (Å²) in [4.78, 5) is 32.9. The topological polar surface area (TPSA) is 145 Å². The van der Waals surface area contributed by atoms with E-state index in [2.05, 4.69) is 35.7 Å². The highest BCUT2D eigenvalue weighted by atomic mass is 16.2. The molecule has 144 valence electrons. The van der Waals surface area contributed by atoms with Gasteiger partial charge in [-0.25, -0.2) is 9.78 Å². The molecule has 1 aliphatic rings. The van der Waals surface area contributed by atoms with Crippen LogP contribution >= 0.6 is 0 Å². The molecule has 4 aromatic rings. The molecule has 0 bridgehead atoms. The second-order valence-electron chi connectivity index (χ2n) is 7.05. The first kappa shape index (κ1) is 16.6. The third-order valence-electron chi connectivity index (χ3n) is 4.98. The van der Waals surface area contributed by atoms with E-state index in [4.69, 9.17) is 0 Å². The zero-order chi connectivity index (χ0) is 19.3. The lowest BCUT2D eigenvalue weighted by Gasteiger charge is -2.06. The molecule has 0 unspecified atom stereocenters. The fourth-order valence-corrected chi connectivity index (χ4v) is 3.22. The third kappa shape index (κ3) is 2.82. The van der Waals surface area contributed by atoms with Crippen LogP contribution in [0.15, 0.2) is 22.0 Å². The summed E-state index contributed by atoms with van der Waals surface area (Å²) >= 11 is 0. The van der Waals surface area contributed by atoms with E-state index in [0.29, 0.717) is 48.2 Å². The number of imidazole rings is 1. The Morgan fingerprint density at radius 1 is 1.29 bits per heavy atom. The number of hydrogen-bond donors (Lipinski definition) is 2. The summed E-state index contributed by atoms with van der Waals surface area (Å²) in [6.45, 7) is 1.04. The van der Waals surface area contributed by atoms with Crippen molar-refractivity contribution in [1.82, 2.24) is 49.5 Å². The SMILES string of the molecule is Cn1c(=O)n(CC2CC2)c(=O)c2[nH]c(-c3cnn(CCc4nn[nH]n4)c3)nc21. The summed E-state index contributed by atoms with van der Waals surface area (Å²) in [5.74, 6) is 1.52. The Hall–Kier alpha value is -3.57. The molecule has 4 heterocycles. The Morgan fingerprint density at radius 3 is 2.89 bits per heavy atom. The lowest BCUT2D eigenvalue weighted by Crippen LogP contribution is -2.39. The van der Waals surface area contributed by atoms with Gasteiger partial charge in [0, 0.05) is 32.8 Å². The molecule has 0 aromatic carbocycles. The van der Waals surface area contributed by atoms with Crippen LogP contribution in [0, 0.1) is 5.92 Å². The normalized spacial score (nSPS) is 14.2. The van der Waals surface area contributed by atoms with Gasteiger partial charge in [-0.2, -0.15) is 10.3 Å². The van der Waals surface area contributed by atoms with E-state index in [9.17, 15) is 9.59 Å². The Labute approximate surface area is 157 Å². The van der Waals surface area contributed by atoms with Crippen molar-refractivity contribution in [1.29, 1.82) is 0 Å². The highest BCUT2D eigenvalue weighted by Crippen LogP contribution is 2.29. The van der Waals surface area contributed by atoms with Gasteiger partial charge in [0.25, 0.3) is 5.56 Å². The minimum absolute atomic E-state index is 0.326. The maximum atomic E-state index is 12.8. The predicted molar refractivity (Wildman–Crippen MR) is 97.4 cm³/mol. The highest BCUT2D eigenvalue weighted by molar-refractivity contribution is 5.75. The molecule has 1 fully saturated rings. The summed E-state index contributed by atoms with van der Waals surface area (Å²) in [6.07, 6.45) is 6.18. The number of nitrogens with zero attached hydrogens (tertiary/aromatic N) is 8. The predicted octanol–water partition coefficient (Wildman–Crippen LogP) is -0.547. The smallest absolute Gasteiger partial charge is 0.332 e. The fraction of sp³-hybridized carbons (Fsp3) is 0.438. The number of nitrogens with one attached hydrogen (secondary N) is 2. The van der Waals surface area contributed by atoms with Crippen LogP contribution in [0.3, 0.4) is 0 Å². The summed E-state index contributed by atoms with van der Waals surface area (Å²) in [5.41, 5.74) is 0.741. The molecule has 5 rings (SSSR count). The van der Waals surface area contributed by atoms with Crippen LogP contribution in [0.4, 0.5) is 0 Å². The number of aromatic nitrogens is 10. The fourth-order valence-electron chi connectivity index (χ4n) is 3.22. The van der Waals surface area contributed by atoms with E-state index in [0.717, 1.165) is 18.4 Å². The van der Waals surface area contributed by atoms with Crippen LogP contribution < -0.4 is 11.2 Å². The van der Waals surface area contributed by atoms with Crippen LogP contribution in [0.25, 0.3) is 22.6 Å². The van der Waals surface area contributed by atoms with Crippen LogP contribution in [0.5, 0.6) is 0 Å². The average Bonchev–Trinajstić information content (AvgIpc) is 3.12. The molecule has 0 saturated heterocycles. The Kier molecular flexibility index (Phi) is 3.70. The molecule has 1 aliphatic carbocycles. The first-order chi connectivity index (χ1) is 13.6. The highest BCUT2D eigenvalue weighted by Gasteiger charge is 2.25. The zero-order valence-corrected chi connectivity index (χ0v) is 15.2. The second-order valence-corrected chi connectivity index (χ2v) is 7.05. The Morgan fingerprint density at radius 2 is 2.14 bits per heavy atom. The monoisotopic (exact) mass is 382 g/mol. The molecule has 1 saturated carbocycles. The number of hydrogen-bond acceptors (Lipinski definition) is 7.